The first kappa shape index (κ1) is 13.5. The van der Waals surface area contributed by atoms with Gasteiger partial charge in [-0.1, -0.05) is 23.7 Å². The maximum atomic E-state index is 13.0. The molecule has 0 fully saturated rings. The minimum atomic E-state index is -0.521. The lowest BCUT2D eigenvalue weighted by atomic mass is 10.1. The highest BCUT2D eigenvalue weighted by Gasteiger charge is 2.07. The number of nitrogens with two attached hydrogens (primary N) is 1. The highest BCUT2D eigenvalue weighted by atomic mass is 35.5. The van der Waals surface area contributed by atoms with Gasteiger partial charge in [0.1, 0.15) is 5.82 Å². The summed E-state index contributed by atoms with van der Waals surface area (Å²) in [4.78, 5) is 11.9. The van der Waals surface area contributed by atoms with Crippen molar-refractivity contribution in [2.75, 3.05) is 5.32 Å². The topological polar surface area (TPSA) is 55.1 Å². The number of amides is 1. The average Bonchev–Trinajstić information content (AvgIpc) is 2.43. The Balaban J connectivity index is 2.13. The highest BCUT2D eigenvalue weighted by Crippen LogP contribution is 2.20. The molecule has 3 nitrogen and oxygen atoms in total. The summed E-state index contributed by atoms with van der Waals surface area (Å²) in [7, 11) is 0. The minimum Gasteiger partial charge on any atom is -0.326 e. The van der Waals surface area contributed by atoms with Gasteiger partial charge in [-0.05, 0) is 35.9 Å². The number of nitrogens with one attached hydrogen (secondary N) is 1. The van der Waals surface area contributed by atoms with E-state index in [1.54, 1.807) is 24.3 Å². The molecule has 0 radical (unpaired) electrons. The maximum Gasteiger partial charge on any atom is 0.255 e. The lowest BCUT2D eigenvalue weighted by Gasteiger charge is -2.06. The van der Waals surface area contributed by atoms with Gasteiger partial charge in [0.2, 0.25) is 0 Å². The van der Waals surface area contributed by atoms with Crippen LogP contribution in [0.25, 0.3) is 0 Å². The van der Waals surface area contributed by atoms with E-state index in [9.17, 15) is 9.18 Å². The van der Waals surface area contributed by atoms with Crippen LogP contribution >= 0.6 is 11.6 Å². The summed E-state index contributed by atoms with van der Waals surface area (Å²) >= 11 is 5.64. The van der Waals surface area contributed by atoms with Crippen molar-refractivity contribution in [1.82, 2.24) is 0 Å². The molecule has 2 aromatic carbocycles. The Morgan fingerprint density at radius 3 is 2.47 bits per heavy atom. The number of hydrogen-bond donors (Lipinski definition) is 2. The van der Waals surface area contributed by atoms with Gasteiger partial charge in [0.15, 0.2) is 0 Å². The molecule has 0 aliphatic heterocycles. The van der Waals surface area contributed by atoms with Crippen LogP contribution in [-0.2, 0) is 6.54 Å². The third-order valence-corrected chi connectivity index (χ3v) is 2.92. The first-order chi connectivity index (χ1) is 9.10. The van der Waals surface area contributed by atoms with Crippen LogP contribution in [0.5, 0.6) is 0 Å². The summed E-state index contributed by atoms with van der Waals surface area (Å²) in [6.45, 7) is 0.426. The van der Waals surface area contributed by atoms with Crippen molar-refractivity contribution in [2.24, 2.45) is 5.73 Å². The van der Waals surface area contributed by atoms with Crippen molar-refractivity contribution in [3.05, 3.63) is 64.4 Å². The number of halogens is 2. The van der Waals surface area contributed by atoms with Gasteiger partial charge >= 0.3 is 0 Å². The smallest absolute Gasteiger partial charge is 0.255 e. The van der Waals surface area contributed by atoms with Gasteiger partial charge in [0.05, 0.1) is 5.02 Å². The molecule has 19 heavy (non-hydrogen) atoms. The molecule has 0 saturated carbocycles. The molecule has 98 valence electrons. The molecule has 0 spiro atoms. The fraction of sp³-hybridized carbons (Fsp3) is 0.0714. The van der Waals surface area contributed by atoms with Gasteiger partial charge in [0, 0.05) is 17.8 Å². The van der Waals surface area contributed by atoms with Crippen molar-refractivity contribution < 1.29 is 9.18 Å². The number of hydrogen-bond acceptors (Lipinski definition) is 2. The zero-order chi connectivity index (χ0) is 13.8. The Kier molecular flexibility index (Phi) is 4.14. The molecule has 0 aliphatic rings. The molecule has 2 rings (SSSR count). The molecule has 0 aromatic heterocycles. The maximum absolute atomic E-state index is 13.0. The van der Waals surface area contributed by atoms with Crippen molar-refractivity contribution in [3.8, 4) is 0 Å². The third-order valence-electron chi connectivity index (χ3n) is 2.63. The van der Waals surface area contributed by atoms with Crippen LogP contribution in [0, 0.1) is 5.82 Å². The van der Waals surface area contributed by atoms with E-state index in [0.29, 0.717) is 17.8 Å². The Hall–Kier alpha value is -1.91. The first-order valence-electron chi connectivity index (χ1n) is 5.65. The van der Waals surface area contributed by atoms with Crippen LogP contribution in [0.1, 0.15) is 15.9 Å². The standard InChI is InChI=1S/C14H12ClFN2O/c15-12-7-11(5-6-13(12)16)18-14(19)10-3-1-9(8-17)2-4-10/h1-7H,8,17H2,(H,18,19). The van der Waals surface area contributed by atoms with Crippen molar-refractivity contribution in [2.45, 2.75) is 6.54 Å². The fourth-order valence-corrected chi connectivity index (χ4v) is 1.75. The minimum absolute atomic E-state index is 0.0312. The molecule has 0 bridgehead atoms. The third kappa shape index (κ3) is 3.30. The fourth-order valence-electron chi connectivity index (χ4n) is 1.57. The highest BCUT2D eigenvalue weighted by molar-refractivity contribution is 6.31. The summed E-state index contributed by atoms with van der Waals surface area (Å²) in [5.74, 6) is -0.807. The number of rotatable bonds is 3. The molecule has 1 amide bonds. The average molecular weight is 279 g/mol. The SMILES string of the molecule is NCc1ccc(C(=O)Nc2ccc(F)c(Cl)c2)cc1. The van der Waals surface area contributed by atoms with E-state index < -0.39 is 5.82 Å². The Morgan fingerprint density at radius 2 is 1.89 bits per heavy atom. The second-order valence-electron chi connectivity index (χ2n) is 3.98. The second kappa shape index (κ2) is 5.82. The van der Waals surface area contributed by atoms with Gasteiger partial charge in [0.25, 0.3) is 5.91 Å². The van der Waals surface area contributed by atoms with Crippen LogP contribution in [0.15, 0.2) is 42.5 Å². The Morgan fingerprint density at radius 1 is 1.21 bits per heavy atom. The van der Waals surface area contributed by atoms with E-state index in [-0.39, 0.29) is 10.9 Å². The monoisotopic (exact) mass is 278 g/mol. The lowest BCUT2D eigenvalue weighted by molar-refractivity contribution is 0.102. The normalized spacial score (nSPS) is 10.3. The molecule has 2 aromatic rings. The first-order valence-corrected chi connectivity index (χ1v) is 6.03. The van der Waals surface area contributed by atoms with Crippen LogP contribution in [0.4, 0.5) is 10.1 Å². The van der Waals surface area contributed by atoms with Crippen LogP contribution in [0.3, 0.4) is 0 Å². The second-order valence-corrected chi connectivity index (χ2v) is 4.39. The van der Waals surface area contributed by atoms with Crippen molar-refractivity contribution in [3.63, 3.8) is 0 Å². The zero-order valence-electron chi connectivity index (χ0n) is 9.99. The summed E-state index contributed by atoms with van der Waals surface area (Å²) in [5, 5.41) is 2.61. The van der Waals surface area contributed by atoms with Crippen molar-refractivity contribution >= 4 is 23.2 Å². The van der Waals surface area contributed by atoms with Crippen molar-refractivity contribution in [1.29, 1.82) is 0 Å². The van der Waals surface area contributed by atoms with Gasteiger partial charge in [-0.2, -0.15) is 0 Å². The molecule has 3 N–H and O–H groups in total. The Labute approximate surface area is 115 Å². The molecule has 0 aliphatic carbocycles. The Bertz CT molecular complexity index is 599. The summed E-state index contributed by atoms with van der Waals surface area (Å²) in [6, 6.07) is 11.0. The van der Waals surface area contributed by atoms with Crippen LogP contribution in [0.2, 0.25) is 5.02 Å². The number of benzene rings is 2. The van der Waals surface area contributed by atoms with Gasteiger partial charge in [-0.15, -0.1) is 0 Å². The van der Waals surface area contributed by atoms with Gasteiger partial charge < -0.3 is 11.1 Å². The van der Waals surface area contributed by atoms with Crippen LogP contribution < -0.4 is 11.1 Å². The zero-order valence-corrected chi connectivity index (χ0v) is 10.7. The van der Waals surface area contributed by atoms with E-state index in [1.165, 1.54) is 18.2 Å². The molecule has 5 heteroatoms. The lowest BCUT2D eigenvalue weighted by Crippen LogP contribution is -2.12. The molecular weight excluding hydrogens is 267 g/mol. The molecule has 0 atom stereocenters. The van der Waals surface area contributed by atoms with E-state index in [1.807, 2.05) is 0 Å². The predicted octanol–water partition coefficient (Wildman–Crippen LogP) is 3.19. The molecule has 0 saturated heterocycles. The largest absolute Gasteiger partial charge is 0.326 e. The number of carbonyl (C=O) groups is 1. The van der Waals surface area contributed by atoms with Gasteiger partial charge in [-0.25, -0.2) is 4.39 Å². The summed E-state index contributed by atoms with van der Waals surface area (Å²) < 4.78 is 13.0. The predicted molar refractivity (Wildman–Crippen MR) is 73.7 cm³/mol. The molecule has 0 unspecified atom stereocenters. The number of carbonyl (C=O) groups excluding carboxylic acids is 1. The van der Waals surface area contributed by atoms with E-state index in [2.05, 4.69) is 5.32 Å². The quantitative estimate of drug-likeness (QED) is 0.906. The van der Waals surface area contributed by atoms with E-state index in [4.69, 9.17) is 17.3 Å². The van der Waals surface area contributed by atoms with E-state index in [0.717, 1.165) is 5.56 Å². The summed E-state index contributed by atoms with van der Waals surface area (Å²) in [6.07, 6.45) is 0. The number of anilines is 1. The molecular formula is C14H12ClFN2O. The van der Waals surface area contributed by atoms with E-state index >= 15 is 0 Å². The van der Waals surface area contributed by atoms with Gasteiger partial charge in [-0.3, -0.25) is 4.79 Å². The molecule has 0 heterocycles. The summed E-state index contributed by atoms with van der Waals surface area (Å²) in [5.41, 5.74) is 7.37. The van der Waals surface area contributed by atoms with Crippen LogP contribution in [-0.4, -0.2) is 5.91 Å².